The molecule has 1 atom stereocenters. The van der Waals surface area contributed by atoms with Crippen molar-refractivity contribution in [1.82, 2.24) is 25.1 Å². The largest absolute Gasteiger partial charge is 0.369 e. The number of hydrogen-bond acceptors (Lipinski definition) is 5. The molecular weight excluding hydrogens is 384 g/mol. The predicted octanol–water partition coefficient (Wildman–Crippen LogP) is 3.63. The lowest BCUT2D eigenvalue weighted by Gasteiger charge is -2.39. The Hall–Kier alpha value is -3.51. The van der Waals surface area contributed by atoms with Crippen LogP contribution in [-0.4, -0.2) is 51.3 Å². The Bertz CT molecular complexity index is 1070. The van der Waals surface area contributed by atoms with Crippen molar-refractivity contribution in [2.75, 3.05) is 31.1 Å². The van der Waals surface area contributed by atoms with E-state index in [2.05, 4.69) is 110 Å². The number of piperazine rings is 1. The summed E-state index contributed by atoms with van der Waals surface area (Å²) in [6.45, 7) is 4.52. The van der Waals surface area contributed by atoms with Crippen LogP contribution in [0, 0.1) is 0 Å². The lowest BCUT2D eigenvalue weighted by Crippen LogP contribution is -2.48. The van der Waals surface area contributed by atoms with Gasteiger partial charge >= 0.3 is 0 Å². The molecule has 4 aromatic rings. The van der Waals surface area contributed by atoms with E-state index in [1.54, 1.807) is 0 Å². The van der Waals surface area contributed by atoms with Gasteiger partial charge in [-0.2, -0.15) is 0 Å². The third kappa shape index (κ3) is 4.34. The Morgan fingerprint density at radius 2 is 1.32 bits per heavy atom. The number of anilines is 1. The number of tetrazole rings is 1. The van der Waals surface area contributed by atoms with E-state index in [0.29, 0.717) is 6.54 Å². The fourth-order valence-corrected chi connectivity index (χ4v) is 4.31. The zero-order chi connectivity index (χ0) is 20.9. The molecule has 0 N–H and O–H groups in total. The van der Waals surface area contributed by atoms with Gasteiger partial charge in [0.05, 0.1) is 12.6 Å². The molecule has 6 nitrogen and oxygen atoms in total. The molecule has 0 radical (unpaired) electrons. The van der Waals surface area contributed by atoms with E-state index in [1.807, 2.05) is 10.7 Å². The molecule has 1 fully saturated rings. The molecule has 0 aliphatic carbocycles. The summed E-state index contributed by atoms with van der Waals surface area (Å²) in [5.74, 6) is 0.892. The van der Waals surface area contributed by atoms with Crippen molar-refractivity contribution < 1.29 is 0 Å². The summed E-state index contributed by atoms with van der Waals surface area (Å²) in [5, 5.41) is 12.9. The molecule has 6 heteroatoms. The predicted molar refractivity (Wildman–Crippen MR) is 122 cm³/mol. The smallest absolute Gasteiger partial charge is 0.173 e. The molecule has 0 amide bonds. The van der Waals surface area contributed by atoms with Gasteiger partial charge in [0.2, 0.25) is 0 Å². The Balaban J connectivity index is 1.41. The SMILES string of the molecule is c1ccc(Cn2nnnc2[C@H](c2ccccc2)N2CCN(c3ccccc3)CC2)cc1. The molecule has 3 aromatic carbocycles. The first-order valence-electron chi connectivity index (χ1n) is 10.8. The highest BCUT2D eigenvalue weighted by molar-refractivity contribution is 5.46. The highest BCUT2D eigenvalue weighted by atomic mass is 15.6. The first kappa shape index (κ1) is 19.5. The fraction of sp³-hybridized carbons (Fsp3) is 0.240. The van der Waals surface area contributed by atoms with E-state index in [1.165, 1.54) is 16.8 Å². The molecule has 1 saturated heterocycles. The van der Waals surface area contributed by atoms with Crippen molar-refractivity contribution in [2.24, 2.45) is 0 Å². The van der Waals surface area contributed by atoms with E-state index >= 15 is 0 Å². The van der Waals surface area contributed by atoms with Gasteiger partial charge in [-0.3, -0.25) is 4.90 Å². The van der Waals surface area contributed by atoms with Gasteiger partial charge < -0.3 is 4.90 Å². The van der Waals surface area contributed by atoms with E-state index in [9.17, 15) is 0 Å². The molecule has 31 heavy (non-hydrogen) atoms. The second-order valence-corrected chi connectivity index (χ2v) is 7.85. The molecule has 1 aliphatic heterocycles. The van der Waals surface area contributed by atoms with Crippen molar-refractivity contribution in [3.05, 3.63) is 108 Å². The second kappa shape index (κ2) is 9.10. The summed E-state index contributed by atoms with van der Waals surface area (Å²) in [6.07, 6.45) is 0. The number of rotatable bonds is 6. The first-order chi connectivity index (χ1) is 15.4. The minimum Gasteiger partial charge on any atom is -0.369 e. The number of hydrogen-bond donors (Lipinski definition) is 0. The van der Waals surface area contributed by atoms with Crippen molar-refractivity contribution in [3.8, 4) is 0 Å². The Kier molecular flexibility index (Phi) is 5.71. The average molecular weight is 411 g/mol. The number of benzene rings is 3. The van der Waals surface area contributed by atoms with Crippen LogP contribution in [0.1, 0.15) is 23.0 Å². The standard InChI is InChI=1S/C25H26N6/c1-4-10-21(11-5-1)20-31-25(26-27-28-31)24(22-12-6-2-7-13-22)30-18-16-29(17-19-30)23-14-8-3-9-15-23/h1-15,24H,16-20H2/t24-/m0/s1. The third-order valence-corrected chi connectivity index (χ3v) is 5.90. The minimum absolute atomic E-state index is 0.0258. The van der Waals surface area contributed by atoms with E-state index in [4.69, 9.17) is 0 Å². The van der Waals surface area contributed by atoms with Gasteiger partial charge in [-0.05, 0) is 33.7 Å². The van der Waals surface area contributed by atoms with Crippen LogP contribution in [0.3, 0.4) is 0 Å². The molecule has 0 spiro atoms. The Labute approximate surface area is 182 Å². The zero-order valence-electron chi connectivity index (χ0n) is 17.5. The summed E-state index contributed by atoms with van der Waals surface area (Å²) < 4.78 is 1.94. The van der Waals surface area contributed by atoms with E-state index in [0.717, 1.165) is 32.0 Å². The van der Waals surface area contributed by atoms with E-state index < -0.39 is 0 Å². The molecule has 0 saturated carbocycles. The van der Waals surface area contributed by atoms with Gasteiger partial charge in [-0.25, -0.2) is 4.68 Å². The number of nitrogens with zero attached hydrogens (tertiary/aromatic N) is 6. The topological polar surface area (TPSA) is 50.1 Å². The summed E-state index contributed by atoms with van der Waals surface area (Å²) in [4.78, 5) is 4.95. The van der Waals surface area contributed by atoms with Crippen molar-refractivity contribution in [3.63, 3.8) is 0 Å². The molecule has 0 bridgehead atoms. The molecule has 1 aromatic heterocycles. The van der Waals surface area contributed by atoms with Crippen LogP contribution in [0.2, 0.25) is 0 Å². The van der Waals surface area contributed by atoms with Gasteiger partial charge in [0, 0.05) is 31.9 Å². The summed E-state index contributed by atoms with van der Waals surface area (Å²) in [5.41, 5.74) is 3.70. The van der Waals surface area contributed by atoms with Crippen molar-refractivity contribution in [2.45, 2.75) is 12.6 Å². The average Bonchev–Trinajstić information content (AvgIpc) is 3.29. The quantitative estimate of drug-likeness (QED) is 0.486. The number of aromatic nitrogens is 4. The minimum atomic E-state index is 0.0258. The second-order valence-electron chi connectivity index (χ2n) is 7.85. The van der Waals surface area contributed by atoms with Crippen LogP contribution < -0.4 is 4.90 Å². The van der Waals surface area contributed by atoms with Gasteiger partial charge in [0.25, 0.3) is 0 Å². The van der Waals surface area contributed by atoms with Crippen molar-refractivity contribution in [1.29, 1.82) is 0 Å². The van der Waals surface area contributed by atoms with Crippen LogP contribution in [0.15, 0.2) is 91.0 Å². The summed E-state index contributed by atoms with van der Waals surface area (Å²) in [6, 6.07) is 31.6. The lowest BCUT2D eigenvalue weighted by molar-refractivity contribution is 0.201. The van der Waals surface area contributed by atoms with Crippen molar-refractivity contribution >= 4 is 5.69 Å². The highest BCUT2D eigenvalue weighted by Gasteiger charge is 2.30. The molecular formula is C25H26N6. The lowest BCUT2D eigenvalue weighted by atomic mass is 10.0. The van der Waals surface area contributed by atoms with Gasteiger partial charge in [-0.1, -0.05) is 78.9 Å². The molecule has 2 heterocycles. The van der Waals surface area contributed by atoms with Gasteiger partial charge in [-0.15, -0.1) is 5.10 Å². The van der Waals surface area contributed by atoms with E-state index in [-0.39, 0.29) is 6.04 Å². The normalized spacial score (nSPS) is 15.7. The maximum atomic E-state index is 4.49. The van der Waals surface area contributed by atoms with Crippen LogP contribution in [0.4, 0.5) is 5.69 Å². The molecule has 5 rings (SSSR count). The molecule has 0 unspecified atom stereocenters. The van der Waals surface area contributed by atoms with Crippen LogP contribution in [-0.2, 0) is 6.54 Å². The maximum absolute atomic E-state index is 4.49. The first-order valence-corrected chi connectivity index (χ1v) is 10.8. The summed E-state index contributed by atoms with van der Waals surface area (Å²) >= 11 is 0. The number of para-hydroxylation sites is 1. The molecule has 1 aliphatic rings. The van der Waals surface area contributed by atoms with Crippen LogP contribution in [0.5, 0.6) is 0 Å². The highest BCUT2D eigenvalue weighted by Crippen LogP contribution is 2.29. The maximum Gasteiger partial charge on any atom is 0.173 e. The monoisotopic (exact) mass is 410 g/mol. The van der Waals surface area contributed by atoms with Gasteiger partial charge in [0.15, 0.2) is 5.82 Å². The zero-order valence-corrected chi connectivity index (χ0v) is 17.5. The third-order valence-electron chi connectivity index (χ3n) is 5.90. The van der Waals surface area contributed by atoms with Gasteiger partial charge in [0.1, 0.15) is 0 Å². The van der Waals surface area contributed by atoms with Crippen LogP contribution >= 0.6 is 0 Å². The Morgan fingerprint density at radius 1 is 0.710 bits per heavy atom. The fourth-order valence-electron chi connectivity index (χ4n) is 4.31. The summed E-state index contributed by atoms with van der Waals surface area (Å²) in [7, 11) is 0. The molecule has 156 valence electrons. The Morgan fingerprint density at radius 3 is 2.00 bits per heavy atom. The van der Waals surface area contributed by atoms with Crippen LogP contribution in [0.25, 0.3) is 0 Å².